The van der Waals surface area contributed by atoms with E-state index in [4.69, 9.17) is 23.7 Å². The largest absolute Gasteiger partial charge is 0.459 e. The highest BCUT2D eigenvalue weighted by molar-refractivity contribution is 6.39. The summed E-state index contributed by atoms with van der Waals surface area (Å²) in [5.41, 5.74) is 1.39. The minimum atomic E-state index is -2.54. The Morgan fingerprint density at radius 3 is 2.22 bits per heavy atom. The summed E-state index contributed by atoms with van der Waals surface area (Å²) in [5.74, 6) is -8.61. The molecule has 5 rings (SSSR count). The Balaban J connectivity index is 1.51. The van der Waals surface area contributed by atoms with E-state index < -0.39 is 83.7 Å². The van der Waals surface area contributed by atoms with Gasteiger partial charge in [0.25, 0.3) is 11.7 Å². The number of aliphatic hydroxyl groups is 3. The van der Waals surface area contributed by atoms with Gasteiger partial charge in [0.1, 0.15) is 30.1 Å². The normalized spacial score (nSPS) is 39.9. The second-order valence-electron chi connectivity index (χ2n) is 22.3. The summed E-state index contributed by atoms with van der Waals surface area (Å²) in [6.07, 6.45) is 9.91. The van der Waals surface area contributed by atoms with Gasteiger partial charge in [0.05, 0.1) is 24.4 Å². The first-order valence-corrected chi connectivity index (χ1v) is 25.6. The van der Waals surface area contributed by atoms with Crippen molar-refractivity contribution in [3.63, 3.8) is 0 Å². The monoisotopic (exact) mass is 956 g/mol. The predicted octanol–water partition coefficient (Wildman–Crippen LogP) is 7.53. The van der Waals surface area contributed by atoms with E-state index in [1.54, 1.807) is 19.9 Å². The lowest BCUT2D eigenvalue weighted by Crippen LogP contribution is -2.64. The fourth-order valence-corrected chi connectivity index (χ4v) is 11.9. The third-order valence-electron chi connectivity index (χ3n) is 17.0. The van der Waals surface area contributed by atoms with Gasteiger partial charge in [-0.25, -0.2) is 9.59 Å². The number of esters is 2. The van der Waals surface area contributed by atoms with Crippen LogP contribution in [0.5, 0.6) is 0 Å². The molecule has 5 aliphatic rings. The first kappa shape index (κ1) is 55.7. The lowest BCUT2D eigenvalue weighted by Gasteiger charge is -2.47. The highest BCUT2D eigenvalue weighted by Gasteiger charge is 2.57. The number of amides is 1. The standard InChI is InChI=1S/C54H85NO13/c1-32-26-33(2)28-44(64-10)48-45(65-11)30-35(4)54(63,68-48)49(60)50(61)55-25-13-12-17-41(55)51(62)67-47(34(3)29-38-19-21-40(56)22-20-38)36(5)42(57)31-43(58)39(27-32)16-14-18-46(59)66-37(6)53(9)24-15-23-52(53,7)8/h14,18,27,29,33,35-42,44-45,47-48,56-57,63H,12-13,15-17,19-26,28,30-31H2,1-11H3/b18-14+,32-27+,34-29+/t33-,35+,36+,37?,38?,39+,40?,41-,42-,44-,45-,47+,48+,53?,54+/m0/s1. The number of aliphatic hydroxyl groups excluding tert-OH is 2. The van der Waals surface area contributed by atoms with Crippen LogP contribution in [0.4, 0.5) is 0 Å². The van der Waals surface area contributed by atoms with Gasteiger partial charge < -0.3 is 43.9 Å². The minimum Gasteiger partial charge on any atom is -0.459 e. The van der Waals surface area contributed by atoms with Crippen LogP contribution in [-0.2, 0) is 47.7 Å². The Morgan fingerprint density at radius 1 is 0.926 bits per heavy atom. The van der Waals surface area contributed by atoms with E-state index >= 15 is 0 Å². The molecule has 0 radical (unpaired) electrons. The quantitative estimate of drug-likeness (QED) is 0.0889. The van der Waals surface area contributed by atoms with Crippen molar-refractivity contribution < 1.29 is 63.0 Å². The Morgan fingerprint density at radius 2 is 1.59 bits per heavy atom. The van der Waals surface area contributed by atoms with Crippen LogP contribution < -0.4 is 0 Å². The molecule has 2 aliphatic carbocycles. The zero-order valence-corrected chi connectivity index (χ0v) is 43.0. The van der Waals surface area contributed by atoms with Gasteiger partial charge in [0, 0.05) is 56.4 Å². The molecule has 68 heavy (non-hydrogen) atoms. The van der Waals surface area contributed by atoms with Crippen molar-refractivity contribution in [3.05, 3.63) is 35.5 Å². The lowest BCUT2D eigenvalue weighted by atomic mass is 9.66. The van der Waals surface area contributed by atoms with E-state index in [0.29, 0.717) is 44.1 Å². The topological polar surface area (TPSA) is 195 Å². The number of hydrogen-bond donors (Lipinski definition) is 3. The molecule has 384 valence electrons. The van der Waals surface area contributed by atoms with Crippen LogP contribution in [0.25, 0.3) is 0 Å². The summed E-state index contributed by atoms with van der Waals surface area (Å²) in [7, 11) is 3.04. The van der Waals surface area contributed by atoms with Gasteiger partial charge in [-0.2, -0.15) is 0 Å². The Hall–Kier alpha value is -3.27. The molecule has 4 fully saturated rings. The Bertz CT molecular complexity index is 1870. The Labute approximate surface area is 406 Å². The number of piperidine rings is 1. The number of fused-ring (bicyclic) bond motifs is 3. The third kappa shape index (κ3) is 13.0. The second-order valence-corrected chi connectivity index (χ2v) is 22.3. The maximum absolute atomic E-state index is 14.5. The van der Waals surface area contributed by atoms with Crippen LogP contribution in [0.3, 0.4) is 0 Å². The number of carbonyl (C=O) groups is 5. The smallest absolute Gasteiger partial charge is 0.330 e. The maximum atomic E-state index is 14.5. The summed E-state index contributed by atoms with van der Waals surface area (Å²) in [5, 5.41) is 34.3. The summed E-state index contributed by atoms with van der Waals surface area (Å²) < 4.78 is 30.4. The minimum absolute atomic E-state index is 0.0136. The number of Topliss-reactive ketones (excluding diaryl/α,β-unsaturated/α-hetero) is 2. The van der Waals surface area contributed by atoms with Crippen molar-refractivity contribution in [1.82, 2.24) is 4.90 Å². The number of methoxy groups -OCH3 is 2. The van der Waals surface area contributed by atoms with E-state index in [0.717, 1.165) is 37.7 Å². The van der Waals surface area contributed by atoms with Crippen molar-refractivity contribution in [1.29, 1.82) is 0 Å². The van der Waals surface area contributed by atoms with Gasteiger partial charge in [-0.3, -0.25) is 14.4 Å². The zero-order valence-electron chi connectivity index (χ0n) is 43.0. The molecular formula is C54H85NO13. The van der Waals surface area contributed by atoms with Gasteiger partial charge >= 0.3 is 11.9 Å². The van der Waals surface area contributed by atoms with Crippen LogP contribution >= 0.6 is 0 Å². The zero-order chi connectivity index (χ0) is 50.3. The molecule has 3 aliphatic heterocycles. The average Bonchev–Trinajstić information content (AvgIpc) is 3.58. The van der Waals surface area contributed by atoms with Crippen LogP contribution in [0, 0.1) is 40.4 Å². The number of allylic oxidation sites excluding steroid dienone is 4. The Kier molecular flexibility index (Phi) is 19.4. The molecule has 2 saturated carbocycles. The predicted molar refractivity (Wildman–Crippen MR) is 257 cm³/mol. The van der Waals surface area contributed by atoms with E-state index in [1.807, 2.05) is 39.8 Å². The molecule has 0 aromatic heterocycles. The van der Waals surface area contributed by atoms with Crippen molar-refractivity contribution in [3.8, 4) is 0 Å². The molecule has 0 spiro atoms. The fourth-order valence-electron chi connectivity index (χ4n) is 11.9. The van der Waals surface area contributed by atoms with Crippen molar-refractivity contribution in [2.75, 3.05) is 20.8 Å². The van der Waals surface area contributed by atoms with Crippen molar-refractivity contribution in [2.24, 2.45) is 40.4 Å². The van der Waals surface area contributed by atoms with Gasteiger partial charge in [0.15, 0.2) is 0 Å². The molecule has 14 heteroatoms. The molecule has 2 bridgehead atoms. The van der Waals surface area contributed by atoms with Gasteiger partial charge in [-0.05, 0) is 127 Å². The second kappa shape index (κ2) is 23.8. The van der Waals surface area contributed by atoms with E-state index in [1.165, 1.54) is 25.2 Å². The molecular weight excluding hydrogens is 871 g/mol. The molecule has 2 unspecified atom stereocenters. The number of ketones is 2. The molecule has 3 heterocycles. The molecule has 13 atom stereocenters. The number of carbonyl (C=O) groups excluding carboxylic acids is 5. The summed E-state index contributed by atoms with van der Waals surface area (Å²) in [4.78, 5) is 72.1. The number of nitrogens with zero attached hydrogens (tertiary/aromatic N) is 1. The van der Waals surface area contributed by atoms with Crippen LogP contribution in [0.1, 0.15) is 159 Å². The lowest BCUT2D eigenvalue weighted by molar-refractivity contribution is -0.302. The van der Waals surface area contributed by atoms with Gasteiger partial charge in [0.2, 0.25) is 5.79 Å². The number of ether oxygens (including phenoxy) is 5. The van der Waals surface area contributed by atoms with Crippen LogP contribution in [0.15, 0.2) is 35.5 Å². The van der Waals surface area contributed by atoms with Crippen LogP contribution in [0.2, 0.25) is 0 Å². The van der Waals surface area contributed by atoms with Crippen LogP contribution in [-0.4, -0.2) is 125 Å². The number of hydrogen-bond acceptors (Lipinski definition) is 13. The van der Waals surface area contributed by atoms with E-state index in [2.05, 4.69) is 20.8 Å². The van der Waals surface area contributed by atoms with E-state index in [-0.39, 0.29) is 72.9 Å². The SMILES string of the molecule is CO[C@H]1C[C@@H](C)C/C(C)=C/[C@@H](C/C=C/C(=O)OC(C)C2(C)CCCC2(C)C)C(=O)C[C@H](O)[C@@H](C)[C@@H](/C(C)=C/C2CCC(O)CC2)OC(=O)[C@@H]2CCCCN2C(=O)C(=O)[C@]2(O)O[C@H]1[C@@H](OC)C[C@H]2C. The third-order valence-corrected chi connectivity index (χ3v) is 17.0. The highest BCUT2D eigenvalue weighted by Crippen LogP contribution is 2.55. The highest BCUT2D eigenvalue weighted by atomic mass is 16.7. The average molecular weight is 956 g/mol. The molecule has 3 N–H and O–H groups in total. The molecule has 0 aromatic rings. The number of rotatable bonds is 9. The summed E-state index contributed by atoms with van der Waals surface area (Å²) >= 11 is 0. The van der Waals surface area contributed by atoms with Gasteiger partial charge in [-0.15, -0.1) is 0 Å². The molecule has 1 amide bonds. The first-order chi connectivity index (χ1) is 32.0. The van der Waals surface area contributed by atoms with E-state index in [9.17, 15) is 39.3 Å². The first-order valence-electron chi connectivity index (χ1n) is 25.6. The molecule has 2 saturated heterocycles. The maximum Gasteiger partial charge on any atom is 0.330 e. The summed E-state index contributed by atoms with van der Waals surface area (Å²) in [6.45, 7) is 17.8. The van der Waals surface area contributed by atoms with Crippen molar-refractivity contribution in [2.45, 2.75) is 213 Å². The molecule has 0 aromatic carbocycles. The number of cyclic esters (lactones) is 1. The van der Waals surface area contributed by atoms with Gasteiger partial charge in [-0.1, -0.05) is 71.8 Å². The molecule has 14 nitrogen and oxygen atoms in total. The fraction of sp³-hybridized carbons (Fsp3) is 0.796. The summed E-state index contributed by atoms with van der Waals surface area (Å²) in [6, 6.07) is -1.16. The van der Waals surface area contributed by atoms with Crippen molar-refractivity contribution >= 4 is 29.4 Å².